The van der Waals surface area contributed by atoms with Crippen molar-refractivity contribution in [1.82, 2.24) is 4.90 Å². The molecule has 6 heteroatoms. The van der Waals surface area contributed by atoms with Gasteiger partial charge >= 0.3 is 0 Å². The Morgan fingerprint density at radius 1 is 0.906 bits per heavy atom. The molecule has 0 bridgehead atoms. The lowest BCUT2D eigenvalue weighted by Gasteiger charge is -2.29. The molecule has 32 heavy (non-hydrogen) atoms. The molecule has 0 saturated carbocycles. The average Bonchev–Trinajstić information content (AvgIpc) is 2.78. The van der Waals surface area contributed by atoms with E-state index >= 15 is 0 Å². The normalized spacial score (nSPS) is 12.6. The maximum Gasteiger partial charge on any atom is 0.264 e. The number of nitrogens with zero attached hydrogens (tertiary/aromatic N) is 2. The van der Waals surface area contributed by atoms with Crippen molar-refractivity contribution in [3.63, 3.8) is 0 Å². The third kappa shape index (κ3) is 5.65. The minimum absolute atomic E-state index is 0.0665. The fourth-order valence-corrected chi connectivity index (χ4v) is 5.18. The van der Waals surface area contributed by atoms with Gasteiger partial charge in [0.05, 0.1) is 23.2 Å². The van der Waals surface area contributed by atoms with E-state index in [4.69, 9.17) is 0 Å². The lowest BCUT2D eigenvalue weighted by Crippen LogP contribution is -2.43. The monoisotopic (exact) mass is 450 g/mol. The van der Waals surface area contributed by atoms with Crippen LogP contribution in [-0.2, 0) is 10.0 Å². The van der Waals surface area contributed by atoms with Crippen molar-refractivity contribution in [2.24, 2.45) is 0 Å². The highest BCUT2D eigenvalue weighted by atomic mass is 32.2. The van der Waals surface area contributed by atoms with E-state index in [0.717, 1.165) is 16.3 Å². The quantitative estimate of drug-likeness (QED) is 0.441. The topological polar surface area (TPSA) is 60.9 Å². The minimum Gasteiger partial charge on any atom is -0.390 e. The molecule has 0 radical (unpaired) electrons. The minimum atomic E-state index is -3.90. The number of sulfonamides is 1. The van der Waals surface area contributed by atoms with Crippen molar-refractivity contribution in [1.29, 1.82) is 0 Å². The molecule has 0 heterocycles. The van der Waals surface area contributed by atoms with Gasteiger partial charge in [-0.05, 0) is 42.0 Å². The Labute approximate surface area is 191 Å². The highest BCUT2D eigenvalue weighted by molar-refractivity contribution is 7.92. The summed E-state index contributed by atoms with van der Waals surface area (Å²) < 4.78 is 28.7. The van der Waals surface area contributed by atoms with Crippen LogP contribution in [0.4, 0.5) is 5.69 Å². The number of benzene rings is 3. The predicted octanol–water partition coefficient (Wildman–Crippen LogP) is 4.38. The molecule has 3 rings (SSSR count). The summed E-state index contributed by atoms with van der Waals surface area (Å²) in [5, 5.41) is 12.6. The highest BCUT2D eigenvalue weighted by Crippen LogP contribution is 2.27. The molecular formula is C26H30N2O3S. The number of anilines is 1. The highest BCUT2D eigenvalue weighted by Gasteiger charge is 2.28. The lowest BCUT2D eigenvalue weighted by atomic mass is 10.1. The Hall–Kier alpha value is -2.93. The first-order valence-corrected chi connectivity index (χ1v) is 12.0. The molecule has 0 fully saturated rings. The van der Waals surface area contributed by atoms with E-state index in [1.165, 1.54) is 4.31 Å². The Morgan fingerprint density at radius 2 is 1.53 bits per heavy atom. The summed E-state index contributed by atoms with van der Waals surface area (Å²) in [6.07, 6.45) is 2.60. The van der Waals surface area contributed by atoms with Crippen LogP contribution in [0.2, 0.25) is 0 Å². The Bertz CT molecular complexity index is 1160. The van der Waals surface area contributed by atoms with Crippen molar-refractivity contribution in [3.05, 3.63) is 97.6 Å². The summed E-state index contributed by atoms with van der Waals surface area (Å²) >= 11 is 0. The van der Waals surface area contributed by atoms with Crippen molar-refractivity contribution in [2.45, 2.75) is 17.9 Å². The predicted molar refractivity (Wildman–Crippen MR) is 132 cm³/mol. The molecule has 3 aromatic rings. The first-order chi connectivity index (χ1) is 15.3. The third-order valence-electron chi connectivity index (χ3n) is 5.25. The molecule has 1 N–H and O–H groups in total. The Balaban J connectivity index is 1.96. The van der Waals surface area contributed by atoms with Crippen LogP contribution in [0.1, 0.15) is 5.56 Å². The largest absolute Gasteiger partial charge is 0.390 e. The number of fused-ring (bicyclic) bond motifs is 1. The molecule has 1 atom stereocenters. The fourth-order valence-electron chi connectivity index (χ4n) is 3.64. The van der Waals surface area contributed by atoms with Crippen LogP contribution in [0.5, 0.6) is 0 Å². The summed E-state index contributed by atoms with van der Waals surface area (Å²) in [5.41, 5.74) is 1.54. The van der Waals surface area contributed by atoms with Crippen molar-refractivity contribution < 1.29 is 13.5 Å². The van der Waals surface area contributed by atoms with E-state index in [-0.39, 0.29) is 11.4 Å². The smallest absolute Gasteiger partial charge is 0.264 e. The first-order valence-electron chi connectivity index (χ1n) is 10.6. The molecular weight excluding hydrogens is 420 g/mol. The Morgan fingerprint density at radius 3 is 2.16 bits per heavy atom. The number of aryl methyl sites for hydroxylation is 1. The van der Waals surface area contributed by atoms with Crippen LogP contribution in [0.15, 0.2) is 96.9 Å². The summed E-state index contributed by atoms with van der Waals surface area (Å²) in [7, 11) is -3.90. The van der Waals surface area contributed by atoms with E-state index in [2.05, 4.69) is 13.2 Å². The lowest BCUT2D eigenvalue weighted by molar-refractivity contribution is 0.132. The van der Waals surface area contributed by atoms with Gasteiger partial charge in [0.1, 0.15) is 0 Å². The van der Waals surface area contributed by atoms with Crippen molar-refractivity contribution in [2.75, 3.05) is 30.5 Å². The second-order valence-electron chi connectivity index (χ2n) is 7.83. The van der Waals surface area contributed by atoms with Crippen LogP contribution in [-0.4, -0.2) is 50.7 Å². The summed E-state index contributed by atoms with van der Waals surface area (Å²) in [5.74, 6) is 0. The maximum atomic E-state index is 13.7. The molecule has 0 amide bonds. The van der Waals surface area contributed by atoms with E-state index in [1.54, 1.807) is 36.4 Å². The Kier molecular flexibility index (Phi) is 7.85. The van der Waals surface area contributed by atoms with Crippen LogP contribution in [0, 0.1) is 6.92 Å². The van der Waals surface area contributed by atoms with Gasteiger partial charge in [-0.25, -0.2) is 8.42 Å². The van der Waals surface area contributed by atoms with Gasteiger partial charge in [-0.2, -0.15) is 0 Å². The number of hydrogen-bond donors (Lipinski definition) is 1. The van der Waals surface area contributed by atoms with Gasteiger partial charge in [-0.15, -0.1) is 13.2 Å². The molecule has 0 aromatic heterocycles. The van der Waals surface area contributed by atoms with Gasteiger partial charge in [-0.3, -0.25) is 9.21 Å². The molecule has 168 valence electrons. The molecule has 0 aliphatic rings. The van der Waals surface area contributed by atoms with E-state index in [0.29, 0.717) is 25.3 Å². The van der Waals surface area contributed by atoms with Crippen molar-refractivity contribution in [3.8, 4) is 0 Å². The van der Waals surface area contributed by atoms with Crippen LogP contribution in [0.3, 0.4) is 0 Å². The van der Waals surface area contributed by atoms with Gasteiger partial charge in [0.25, 0.3) is 10.0 Å². The molecule has 0 unspecified atom stereocenters. The molecule has 5 nitrogen and oxygen atoms in total. The third-order valence-corrected chi connectivity index (χ3v) is 7.04. The van der Waals surface area contributed by atoms with E-state index in [9.17, 15) is 13.5 Å². The maximum absolute atomic E-state index is 13.7. The number of hydrogen-bond acceptors (Lipinski definition) is 4. The molecule has 0 saturated heterocycles. The van der Waals surface area contributed by atoms with E-state index in [1.807, 2.05) is 54.3 Å². The van der Waals surface area contributed by atoms with Gasteiger partial charge in [0.15, 0.2) is 0 Å². The van der Waals surface area contributed by atoms with Crippen LogP contribution in [0.25, 0.3) is 10.8 Å². The molecule has 0 spiro atoms. The summed E-state index contributed by atoms with van der Waals surface area (Å²) in [6.45, 7) is 10.8. The summed E-state index contributed by atoms with van der Waals surface area (Å²) in [4.78, 5) is 2.15. The van der Waals surface area contributed by atoms with Crippen LogP contribution < -0.4 is 4.31 Å². The second kappa shape index (κ2) is 10.6. The van der Waals surface area contributed by atoms with Gasteiger partial charge in [-0.1, -0.05) is 60.2 Å². The SMILES string of the molecule is C=CCN(CC=C)C[C@@H](O)CN(c1ccc(C)cc1)S(=O)(=O)c1ccc2ccccc2c1. The van der Waals surface area contributed by atoms with Crippen molar-refractivity contribution >= 4 is 26.5 Å². The zero-order chi connectivity index (χ0) is 23.1. The molecule has 3 aromatic carbocycles. The van der Waals surface area contributed by atoms with Gasteiger partial charge in [0, 0.05) is 19.6 Å². The number of rotatable bonds is 11. The number of aliphatic hydroxyl groups is 1. The average molecular weight is 451 g/mol. The molecule has 0 aliphatic carbocycles. The standard InChI is InChI=1S/C26H30N2O3S/c1-4-16-27(17-5-2)19-25(29)20-28(24-13-10-21(3)11-14-24)32(30,31)26-15-12-22-8-6-7-9-23(22)18-26/h4-15,18,25,29H,1-2,16-17,19-20H2,3H3/t25-/m1/s1. The molecule has 0 aliphatic heterocycles. The van der Waals surface area contributed by atoms with Gasteiger partial charge < -0.3 is 5.11 Å². The van der Waals surface area contributed by atoms with Crippen LogP contribution >= 0.6 is 0 Å². The first kappa shape index (κ1) is 23.7. The zero-order valence-corrected chi connectivity index (χ0v) is 19.2. The summed E-state index contributed by atoms with van der Waals surface area (Å²) in [6, 6.07) is 20.0. The fraction of sp³-hybridized carbons (Fsp3) is 0.231. The van der Waals surface area contributed by atoms with Gasteiger partial charge in [0.2, 0.25) is 0 Å². The second-order valence-corrected chi connectivity index (χ2v) is 9.69. The zero-order valence-electron chi connectivity index (χ0n) is 18.4. The van der Waals surface area contributed by atoms with E-state index < -0.39 is 16.1 Å². The number of aliphatic hydroxyl groups excluding tert-OH is 1.